The van der Waals surface area contributed by atoms with Crippen LogP contribution in [0.25, 0.3) is 0 Å². The molecule has 0 aliphatic heterocycles. The van der Waals surface area contributed by atoms with Crippen LogP contribution in [0.1, 0.15) is 110 Å². The van der Waals surface area contributed by atoms with Crippen molar-refractivity contribution in [3.63, 3.8) is 0 Å². The molecule has 22 heavy (non-hydrogen) atoms. The van der Waals surface area contributed by atoms with E-state index in [0.717, 1.165) is 12.8 Å². The fourth-order valence-corrected chi connectivity index (χ4v) is 2.65. The molecule has 0 atom stereocenters. The van der Waals surface area contributed by atoms with Gasteiger partial charge >= 0.3 is 5.97 Å². The zero-order valence-corrected chi connectivity index (χ0v) is 14.8. The molecule has 0 radical (unpaired) electrons. The van der Waals surface area contributed by atoms with Crippen LogP contribution in [0.2, 0.25) is 0 Å². The van der Waals surface area contributed by atoms with Crippen molar-refractivity contribution in [2.45, 2.75) is 110 Å². The van der Waals surface area contributed by atoms with Gasteiger partial charge in [-0.15, -0.1) is 0 Å². The largest absolute Gasteiger partial charge is 0.481 e. The summed E-state index contributed by atoms with van der Waals surface area (Å²) in [6.07, 6.45) is 20.2. The van der Waals surface area contributed by atoms with Gasteiger partial charge in [0.25, 0.3) is 0 Å². The average molecular weight is 317 g/mol. The number of nitrogens with two attached hydrogens (primary N) is 2. The summed E-state index contributed by atoms with van der Waals surface area (Å²) in [5.41, 5.74) is 0. The third kappa shape index (κ3) is 24.4. The Morgan fingerprint density at radius 1 is 0.636 bits per heavy atom. The molecule has 4 nitrogen and oxygen atoms in total. The van der Waals surface area contributed by atoms with Crippen LogP contribution in [0.3, 0.4) is 0 Å². The predicted octanol–water partition coefficient (Wildman–Crippen LogP) is 5.15. The van der Waals surface area contributed by atoms with Crippen molar-refractivity contribution < 1.29 is 9.90 Å². The molecule has 5 N–H and O–H groups in total. The first kappa shape index (κ1) is 23.7. The van der Waals surface area contributed by atoms with E-state index in [9.17, 15) is 4.79 Å². The number of carboxylic acids is 1. The van der Waals surface area contributed by atoms with E-state index in [-0.39, 0.29) is 0 Å². The quantitative estimate of drug-likeness (QED) is 0.209. The number of carbonyl (C=O) groups is 1. The standard InChI is InChI=1S/C18H36O2.H4N2/c1-2-3-4-5-6-7-8-9-10-11-12-13-14-15-16-17-18(19)20;1-2/h2-17H2,1H3,(H,19,20);1-2H2. The number of rotatable bonds is 16. The SMILES string of the molecule is CCCCCCCCCCCCCCCCCC(=O)O.NN. The minimum atomic E-state index is -0.653. The molecule has 0 fully saturated rings. The van der Waals surface area contributed by atoms with Gasteiger partial charge in [0.15, 0.2) is 0 Å². The summed E-state index contributed by atoms with van der Waals surface area (Å²) in [5, 5.41) is 8.52. The average Bonchev–Trinajstić information content (AvgIpc) is 2.53. The van der Waals surface area contributed by atoms with Gasteiger partial charge in [0.2, 0.25) is 0 Å². The summed E-state index contributed by atoms with van der Waals surface area (Å²) in [6.45, 7) is 2.27. The van der Waals surface area contributed by atoms with Crippen molar-refractivity contribution >= 4 is 5.97 Å². The van der Waals surface area contributed by atoms with Crippen LogP contribution in [0.5, 0.6) is 0 Å². The fourth-order valence-electron chi connectivity index (χ4n) is 2.65. The first-order valence-electron chi connectivity index (χ1n) is 9.32. The maximum Gasteiger partial charge on any atom is 0.303 e. The van der Waals surface area contributed by atoms with Crippen LogP contribution < -0.4 is 11.7 Å². The summed E-state index contributed by atoms with van der Waals surface area (Å²) < 4.78 is 0. The molecule has 0 bridgehead atoms. The zero-order valence-electron chi connectivity index (χ0n) is 14.8. The highest BCUT2D eigenvalue weighted by atomic mass is 16.4. The van der Waals surface area contributed by atoms with Gasteiger partial charge in [-0.25, -0.2) is 0 Å². The van der Waals surface area contributed by atoms with Gasteiger partial charge in [0, 0.05) is 6.42 Å². The molecule has 134 valence electrons. The van der Waals surface area contributed by atoms with Crippen LogP contribution in [0, 0.1) is 0 Å². The number of unbranched alkanes of at least 4 members (excludes halogenated alkanes) is 14. The summed E-state index contributed by atoms with van der Waals surface area (Å²) in [7, 11) is 0. The topological polar surface area (TPSA) is 89.3 Å². The Balaban J connectivity index is 0. The number of hydrogen-bond donors (Lipinski definition) is 3. The Morgan fingerprint density at radius 3 is 1.18 bits per heavy atom. The Hall–Kier alpha value is -0.610. The molecule has 0 spiro atoms. The van der Waals surface area contributed by atoms with E-state index < -0.39 is 5.97 Å². The van der Waals surface area contributed by atoms with E-state index in [1.807, 2.05) is 0 Å². The minimum absolute atomic E-state index is 0.345. The normalized spacial score (nSPS) is 10.1. The molecular formula is C18H40N2O2. The first-order chi connectivity index (χ1) is 10.8. The lowest BCUT2D eigenvalue weighted by atomic mass is 10.0. The van der Waals surface area contributed by atoms with Crippen molar-refractivity contribution in [3.8, 4) is 0 Å². The van der Waals surface area contributed by atoms with Crippen LogP contribution in [0.4, 0.5) is 0 Å². The number of carboxylic acid groups (broad SMARTS) is 1. The molecule has 0 aromatic heterocycles. The Kier molecular flexibility index (Phi) is 24.4. The Morgan fingerprint density at radius 2 is 0.909 bits per heavy atom. The molecule has 0 unspecified atom stereocenters. The van der Waals surface area contributed by atoms with Crippen LogP contribution in [0.15, 0.2) is 0 Å². The van der Waals surface area contributed by atoms with Crippen molar-refractivity contribution in [2.24, 2.45) is 11.7 Å². The number of hydrogen-bond acceptors (Lipinski definition) is 3. The molecule has 0 aliphatic carbocycles. The van der Waals surface area contributed by atoms with Gasteiger partial charge in [-0.2, -0.15) is 0 Å². The summed E-state index contributed by atoms with van der Waals surface area (Å²) >= 11 is 0. The number of hydrazine groups is 1. The second-order valence-corrected chi connectivity index (χ2v) is 6.09. The van der Waals surface area contributed by atoms with E-state index in [2.05, 4.69) is 18.6 Å². The molecule has 4 heteroatoms. The molecule has 0 aromatic carbocycles. The van der Waals surface area contributed by atoms with Crippen molar-refractivity contribution in [1.82, 2.24) is 0 Å². The monoisotopic (exact) mass is 316 g/mol. The second kappa shape index (κ2) is 22.7. The Labute approximate surface area is 138 Å². The molecule has 0 saturated carbocycles. The van der Waals surface area contributed by atoms with Crippen LogP contribution in [-0.2, 0) is 4.79 Å². The molecule has 0 aliphatic rings. The van der Waals surface area contributed by atoms with Crippen molar-refractivity contribution in [3.05, 3.63) is 0 Å². The smallest absolute Gasteiger partial charge is 0.303 e. The maximum atomic E-state index is 10.3. The summed E-state index contributed by atoms with van der Waals surface area (Å²) in [6, 6.07) is 0. The van der Waals surface area contributed by atoms with Gasteiger partial charge in [-0.3, -0.25) is 16.5 Å². The predicted molar refractivity (Wildman–Crippen MR) is 95.6 cm³/mol. The lowest BCUT2D eigenvalue weighted by molar-refractivity contribution is -0.137. The molecule has 0 saturated heterocycles. The lowest BCUT2D eigenvalue weighted by Crippen LogP contribution is -2.02. The molecule has 0 rings (SSSR count). The van der Waals surface area contributed by atoms with E-state index in [1.54, 1.807) is 0 Å². The summed E-state index contributed by atoms with van der Waals surface area (Å²) in [5.74, 6) is 7.35. The third-order valence-corrected chi connectivity index (χ3v) is 3.99. The molecule has 0 aromatic rings. The van der Waals surface area contributed by atoms with Crippen molar-refractivity contribution in [1.29, 1.82) is 0 Å². The van der Waals surface area contributed by atoms with Crippen LogP contribution >= 0.6 is 0 Å². The maximum absolute atomic E-state index is 10.3. The Bertz CT molecular complexity index is 211. The van der Waals surface area contributed by atoms with Gasteiger partial charge in [-0.05, 0) is 6.42 Å². The highest BCUT2D eigenvalue weighted by Crippen LogP contribution is 2.13. The molecule has 0 amide bonds. The lowest BCUT2D eigenvalue weighted by Gasteiger charge is -2.03. The van der Waals surface area contributed by atoms with Gasteiger partial charge in [0.1, 0.15) is 0 Å². The van der Waals surface area contributed by atoms with E-state index in [1.165, 1.54) is 83.5 Å². The summed E-state index contributed by atoms with van der Waals surface area (Å²) in [4.78, 5) is 10.3. The van der Waals surface area contributed by atoms with Gasteiger partial charge in [-0.1, -0.05) is 96.8 Å². The van der Waals surface area contributed by atoms with E-state index in [0.29, 0.717) is 6.42 Å². The second-order valence-electron chi connectivity index (χ2n) is 6.09. The van der Waals surface area contributed by atoms with Crippen molar-refractivity contribution in [2.75, 3.05) is 0 Å². The highest BCUT2D eigenvalue weighted by Gasteiger charge is 1.97. The van der Waals surface area contributed by atoms with Gasteiger partial charge < -0.3 is 5.11 Å². The van der Waals surface area contributed by atoms with Gasteiger partial charge in [0.05, 0.1) is 0 Å². The van der Waals surface area contributed by atoms with E-state index >= 15 is 0 Å². The third-order valence-electron chi connectivity index (χ3n) is 3.99. The highest BCUT2D eigenvalue weighted by molar-refractivity contribution is 5.66. The number of aliphatic carboxylic acids is 1. The minimum Gasteiger partial charge on any atom is -0.481 e. The molecular weight excluding hydrogens is 276 g/mol. The zero-order chi connectivity index (χ0) is 16.9. The van der Waals surface area contributed by atoms with Crippen LogP contribution in [-0.4, -0.2) is 11.1 Å². The fraction of sp³-hybridized carbons (Fsp3) is 0.944. The molecule has 0 heterocycles. The van der Waals surface area contributed by atoms with E-state index in [4.69, 9.17) is 5.11 Å². The first-order valence-corrected chi connectivity index (χ1v) is 9.32.